The largest absolute Gasteiger partial charge is 0.462 e. The highest BCUT2D eigenvalue weighted by Gasteiger charge is 2.19. The van der Waals surface area contributed by atoms with E-state index in [0.717, 1.165) is 19.3 Å². The van der Waals surface area contributed by atoms with Gasteiger partial charge in [-0.05, 0) is 36.8 Å². The molecule has 0 aliphatic rings. The van der Waals surface area contributed by atoms with Crippen LogP contribution in [0.3, 0.4) is 0 Å². The second kappa shape index (κ2) is 14.9. The summed E-state index contributed by atoms with van der Waals surface area (Å²) in [7, 11) is 0. The first-order valence-electron chi connectivity index (χ1n) is 11.4. The van der Waals surface area contributed by atoms with Gasteiger partial charge in [0.25, 0.3) is 0 Å². The summed E-state index contributed by atoms with van der Waals surface area (Å²) in [5.41, 5.74) is 0.964. The van der Waals surface area contributed by atoms with Crippen LogP contribution in [-0.4, -0.2) is 18.5 Å². The fourth-order valence-corrected chi connectivity index (χ4v) is 3.74. The highest BCUT2D eigenvalue weighted by atomic mass is 35.5. The number of ether oxygens (including phenoxy) is 2. The van der Waals surface area contributed by atoms with Crippen molar-refractivity contribution in [1.29, 1.82) is 0 Å². The van der Waals surface area contributed by atoms with Crippen LogP contribution in [0.4, 0.5) is 0 Å². The van der Waals surface area contributed by atoms with Gasteiger partial charge in [0.05, 0.1) is 17.7 Å². The first kappa shape index (κ1) is 26.2. The van der Waals surface area contributed by atoms with E-state index in [1.54, 1.807) is 42.5 Å². The topological polar surface area (TPSA) is 52.6 Å². The Morgan fingerprint density at radius 3 is 1.94 bits per heavy atom. The van der Waals surface area contributed by atoms with Gasteiger partial charge in [-0.2, -0.15) is 0 Å². The van der Waals surface area contributed by atoms with Gasteiger partial charge in [0, 0.05) is 15.6 Å². The van der Waals surface area contributed by atoms with E-state index in [2.05, 4.69) is 6.92 Å². The minimum absolute atomic E-state index is 0.0416. The second-order valence-electron chi connectivity index (χ2n) is 7.82. The first-order valence-corrected chi connectivity index (χ1v) is 12.2. The van der Waals surface area contributed by atoms with Crippen molar-refractivity contribution in [1.82, 2.24) is 0 Å². The molecule has 0 fully saturated rings. The molecule has 2 aromatic carbocycles. The first-order chi connectivity index (χ1) is 15.5. The van der Waals surface area contributed by atoms with E-state index in [0.29, 0.717) is 22.2 Å². The summed E-state index contributed by atoms with van der Waals surface area (Å²) in [5.74, 6) is -1.13. The Morgan fingerprint density at radius 2 is 1.31 bits per heavy atom. The molecule has 0 aliphatic carbocycles. The van der Waals surface area contributed by atoms with Crippen LogP contribution in [0.1, 0.15) is 91.0 Å². The molecule has 0 amide bonds. The smallest absolute Gasteiger partial charge is 0.339 e. The molecule has 32 heavy (non-hydrogen) atoms. The van der Waals surface area contributed by atoms with E-state index < -0.39 is 11.9 Å². The predicted molar refractivity (Wildman–Crippen MR) is 130 cm³/mol. The van der Waals surface area contributed by atoms with Crippen molar-refractivity contribution in [3.05, 3.63) is 69.2 Å². The summed E-state index contributed by atoms with van der Waals surface area (Å²) in [4.78, 5) is 25.1. The predicted octanol–water partition coefficient (Wildman–Crippen LogP) is 8.04. The zero-order valence-corrected chi connectivity index (χ0v) is 20.2. The lowest BCUT2D eigenvalue weighted by molar-refractivity contribution is 0.0436. The van der Waals surface area contributed by atoms with E-state index in [1.165, 1.54) is 38.5 Å². The molecule has 0 atom stereocenters. The standard InChI is InChI=1S/C26H32Cl2O4/c1-2-3-4-5-6-7-8-9-12-17-31-25(29)22-13-10-11-14-23(22)26(30)32-19-20-18-21(27)15-16-24(20)28/h10-11,13-16,18H,2-9,12,17,19H2,1H3. The highest BCUT2D eigenvalue weighted by molar-refractivity contribution is 6.33. The third-order valence-corrected chi connectivity index (χ3v) is 5.82. The molecule has 4 nitrogen and oxygen atoms in total. The number of rotatable bonds is 14. The number of halogens is 2. The van der Waals surface area contributed by atoms with Crippen molar-refractivity contribution in [2.45, 2.75) is 71.3 Å². The maximum atomic E-state index is 12.6. The van der Waals surface area contributed by atoms with Crippen LogP contribution in [0.5, 0.6) is 0 Å². The van der Waals surface area contributed by atoms with Gasteiger partial charge in [0.15, 0.2) is 0 Å². The van der Waals surface area contributed by atoms with Crippen LogP contribution in [0.25, 0.3) is 0 Å². The minimum Gasteiger partial charge on any atom is -0.462 e. The van der Waals surface area contributed by atoms with Gasteiger partial charge in [-0.1, -0.05) is 93.6 Å². The average Bonchev–Trinajstić information content (AvgIpc) is 2.80. The lowest BCUT2D eigenvalue weighted by Gasteiger charge is -2.11. The fourth-order valence-electron chi connectivity index (χ4n) is 3.37. The summed E-state index contributed by atoms with van der Waals surface area (Å²) in [6.45, 7) is 2.52. The van der Waals surface area contributed by atoms with E-state index >= 15 is 0 Å². The SMILES string of the molecule is CCCCCCCCCCCOC(=O)c1ccccc1C(=O)OCc1cc(Cl)ccc1Cl. The molecule has 0 spiro atoms. The molecule has 2 aromatic rings. The molecule has 0 unspecified atom stereocenters. The minimum atomic E-state index is -0.614. The zero-order chi connectivity index (χ0) is 23.2. The Hall–Kier alpha value is -2.04. The van der Waals surface area contributed by atoms with Crippen LogP contribution in [0.15, 0.2) is 42.5 Å². The summed E-state index contributed by atoms with van der Waals surface area (Å²) in [6, 6.07) is 11.4. The molecule has 6 heteroatoms. The van der Waals surface area contributed by atoms with E-state index in [9.17, 15) is 9.59 Å². The van der Waals surface area contributed by atoms with Crippen molar-refractivity contribution in [2.75, 3.05) is 6.61 Å². The van der Waals surface area contributed by atoms with Gasteiger partial charge in [-0.15, -0.1) is 0 Å². The monoisotopic (exact) mass is 478 g/mol. The number of hydrogen-bond acceptors (Lipinski definition) is 4. The number of carbonyl (C=O) groups is 2. The van der Waals surface area contributed by atoms with Crippen LogP contribution in [0.2, 0.25) is 10.0 Å². The Balaban J connectivity index is 1.77. The van der Waals surface area contributed by atoms with Gasteiger partial charge in [0.2, 0.25) is 0 Å². The number of unbranched alkanes of at least 4 members (excludes halogenated alkanes) is 8. The Kier molecular flexibility index (Phi) is 12.2. The molecule has 0 heterocycles. The molecule has 0 aromatic heterocycles. The second-order valence-corrected chi connectivity index (χ2v) is 8.67. The summed E-state index contributed by atoms with van der Waals surface area (Å²) < 4.78 is 10.7. The average molecular weight is 479 g/mol. The number of esters is 2. The molecule has 174 valence electrons. The summed E-state index contributed by atoms with van der Waals surface area (Å²) >= 11 is 12.1. The van der Waals surface area contributed by atoms with E-state index in [1.807, 2.05) is 0 Å². The molecule has 0 N–H and O–H groups in total. The van der Waals surface area contributed by atoms with Gasteiger partial charge in [-0.3, -0.25) is 0 Å². The van der Waals surface area contributed by atoms with Crippen molar-refractivity contribution >= 4 is 35.1 Å². The third-order valence-electron chi connectivity index (χ3n) is 5.21. The van der Waals surface area contributed by atoms with E-state index in [-0.39, 0.29) is 17.7 Å². The highest BCUT2D eigenvalue weighted by Crippen LogP contribution is 2.22. The summed E-state index contributed by atoms with van der Waals surface area (Å²) in [6.07, 6.45) is 10.7. The Morgan fingerprint density at radius 1 is 0.750 bits per heavy atom. The molecule has 0 saturated carbocycles. The molecule has 0 saturated heterocycles. The molecular weight excluding hydrogens is 447 g/mol. The summed E-state index contributed by atoms with van der Waals surface area (Å²) in [5, 5.41) is 0.955. The number of carbonyl (C=O) groups excluding carboxylic acids is 2. The van der Waals surface area contributed by atoms with Gasteiger partial charge >= 0.3 is 11.9 Å². The number of benzene rings is 2. The van der Waals surface area contributed by atoms with Gasteiger partial charge in [0.1, 0.15) is 6.61 Å². The van der Waals surface area contributed by atoms with Gasteiger partial charge < -0.3 is 9.47 Å². The van der Waals surface area contributed by atoms with Crippen LogP contribution >= 0.6 is 23.2 Å². The third kappa shape index (κ3) is 9.22. The maximum absolute atomic E-state index is 12.6. The van der Waals surface area contributed by atoms with Crippen molar-refractivity contribution < 1.29 is 19.1 Å². The van der Waals surface area contributed by atoms with Crippen LogP contribution in [0, 0.1) is 0 Å². The van der Waals surface area contributed by atoms with Crippen LogP contribution < -0.4 is 0 Å². The lowest BCUT2D eigenvalue weighted by atomic mass is 10.1. The fraction of sp³-hybridized carbons (Fsp3) is 0.462. The molecule has 2 rings (SSSR count). The lowest BCUT2D eigenvalue weighted by Crippen LogP contribution is -2.14. The molecule has 0 aliphatic heterocycles. The zero-order valence-electron chi connectivity index (χ0n) is 18.7. The van der Waals surface area contributed by atoms with Crippen molar-refractivity contribution in [3.63, 3.8) is 0 Å². The van der Waals surface area contributed by atoms with Crippen molar-refractivity contribution in [3.8, 4) is 0 Å². The molecule has 0 bridgehead atoms. The Labute approximate surface area is 201 Å². The molecule has 0 radical (unpaired) electrons. The van der Waals surface area contributed by atoms with Gasteiger partial charge in [-0.25, -0.2) is 9.59 Å². The normalized spacial score (nSPS) is 10.7. The molecular formula is C26H32Cl2O4. The van der Waals surface area contributed by atoms with Crippen LogP contribution in [-0.2, 0) is 16.1 Å². The van der Waals surface area contributed by atoms with E-state index in [4.69, 9.17) is 32.7 Å². The Bertz CT molecular complexity index is 867. The quantitative estimate of drug-likeness (QED) is 0.203. The maximum Gasteiger partial charge on any atom is 0.339 e. The van der Waals surface area contributed by atoms with Crippen molar-refractivity contribution in [2.24, 2.45) is 0 Å². The number of hydrogen-bond donors (Lipinski definition) is 0.